The van der Waals surface area contributed by atoms with Gasteiger partial charge >= 0.3 is 0 Å². The number of aliphatic hydroxyl groups excluding tert-OH is 4. The van der Waals surface area contributed by atoms with Gasteiger partial charge in [-0.25, -0.2) is 0 Å². The van der Waals surface area contributed by atoms with Crippen molar-refractivity contribution < 1.29 is 39.4 Å². The highest BCUT2D eigenvalue weighted by Gasteiger charge is 2.49. The van der Waals surface area contributed by atoms with E-state index < -0.39 is 61.8 Å². The fraction of sp³-hybridized carbons (Fsp3) is 1.00. The van der Waals surface area contributed by atoms with E-state index in [4.69, 9.17) is 30.4 Å². The van der Waals surface area contributed by atoms with Gasteiger partial charge in [0.2, 0.25) is 0 Å². The van der Waals surface area contributed by atoms with Gasteiger partial charge in [0, 0.05) is 13.0 Å². The number of aliphatic hydroxyl groups is 4. The zero-order valence-corrected chi connectivity index (χ0v) is 14.5. The minimum Gasteiger partial charge on any atom is -0.394 e. The normalized spacial score (nSPS) is 48.5. The van der Waals surface area contributed by atoms with Gasteiger partial charge < -0.3 is 50.8 Å². The number of methoxy groups -OCH3 is 1. The summed E-state index contributed by atoms with van der Waals surface area (Å²) >= 11 is 0. The van der Waals surface area contributed by atoms with Gasteiger partial charge in [0.05, 0.1) is 37.5 Å². The summed E-state index contributed by atoms with van der Waals surface area (Å²) in [5, 5.41) is 39.8. The SMILES string of the molecule is CC[C@H]1C(CO)O[C@H](O[C@@H]2C(O)C(N)[C@@H](OC)O[C@H]2CO)C(N)[C@@H]1O. The van der Waals surface area contributed by atoms with Gasteiger partial charge in [0.15, 0.2) is 12.6 Å². The molecule has 10 heteroatoms. The van der Waals surface area contributed by atoms with Crippen molar-refractivity contribution in [2.24, 2.45) is 17.4 Å². The van der Waals surface area contributed by atoms with E-state index in [2.05, 4.69) is 0 Å². The highest BCUT2D eigenvalue weighted by atomic mass is 16.7. The van der Waals surface area contributed by atoms with Crippen LogP contribution in [0.4, 0.5) is 0 Å². The molecule has 0 saturated carbocycles. The molecule has 0 aromatic heterocycles. The molecular formula is C15H30N2O8. The second-order valence-electron chi connectivity index (χ2n) is 6.50. The van der Waals surface area contributed by atoms with E-state index in [0.717, 1.165) is 0 Å². The first-order valence-electron chi connectivity index (χ1n) is 8.47. The first-order valence-corrected chi connectivity index (χ1v) is 8.47. The first-order chi connectivity index (χ1) is 11.9. The van der Waals surface area contributed by atoms with Gasteiger partial charge in [0.1, 0.15) is 18.3 Å². The van der Waals surface area contributed by atoms with Crippen molar-refractivity contribution in [1.29, 1.82) is 0 Å². The molecule has 0 spiro atoms. The average molecular weight is 366 g/mol. The molecule has 0 radical (unpaired) electrons. The lowest BCUT2D eigenvalue weighted by molar-refractivity contribution is -0.322. The molecule has 4 unspecified atom stereocenters. The lowest BCUT2D eigenvalue weighted by Crippen LogP contribution is -2.66. The van der Waals surface area contributed by atoms with Gasteiger partial charge in [0.25, 0.3) is 0 Å². The Morgan fingerprint density at radius 2 is 1.48 bits per heavy atom. The molecule has 0 aromatic carbocycles. The molecule has 10 nitrogen and oxygen atoms in total. The van der Waals surface area contributed by atoms with Crippen LogP contribution in [0.5, 0.6) is 0 Å². The summed E-state index contributed by atoms with van der Waals surface area (Å²) in [4.78, 5) is 0. The Kier molecular flexibility index (Phi) is 7.52. The highest BCUT2D eigenvalue weighted by molar-refractivity contribution is 4.96. The molecule has 10 atom stereocenters. The molecule has 0 aliphatic carbocycles. The smallest absolute Gasteiger partial charge is 0.176 e. The third-order valence-electron chi connectivity index (χ3n) is 5.01. The number of rotatable bonds is 6. The van der Waals surface area contributed by atoms with Crippen LogP contribution in [0, 0.1) is 5.92 Å². The summed E-state index contributed by atoms with van der Waals surface area (Å²) in [6, 6.07) is -1.80. The Bertz CT molecular complexity index is 413. The third kappa shape index (κ3) is 4.14. The molecule has 8 N–H and O–H groups in total. The van der Waals surface area contributed by atoms with E-state index in [1.807, 2.05) is 6.92 Å². The average Bonchev–Trinajstić information content (AvgIpc) is 2.62. The molecule has 2 aliphatic rings. The van der Waals surface area contributed by atoms with Crippen LogP contribution >= 0.6 is 0 Å². The maximum Gasteiger partial charge on any atom is 0.176 e. The predicted molar refractivity (Wildman–Crippen MR) is 85.1 cm³/mol. The largest absolute Gasteiger partial charge is 0.394 e. The first kappa shape index (κ1) is 20.9. The number of hydrogen-bond donors (Lipinski definition) is 6. The van der Waals surface area contributed by atoms with Crippen molar-refractivity contribution in [3.8, 4) is 0 Å². The molecule has 25 heavy (non-hydrogen) atoms. The van der Waals surface area contributed by atoms with Gasteiger partial charge in [-0.2, -0.15) is 0 Å². The van der Waals surface area contributed by atoms with Gasteiger partial charge in [-0.1, -0.05) is 6.92 Å². The standard InChI is InChI=1S/C15H30N2O8/c1-3-6-7(4-18)23-15(9(16)11(6)20)25-13-8(5-19)24-14(22-2)10(17)12(13)21/h6-15,18-21H,3-5,16-17H2,1-2H3/t6-,7?,8-,9?,10?,11+,12?,13-,14-,15+/m0/s1. The van der Waals surface area contributed by atoms with Crippen LogP contribution in [0.1, 0.15) is 13.3 Å². The van der Waals surface area contributed by atoms with Crippen LogP contribution in [0.15, 0.2) is 0 Å². The Morgan fingerprint density at radius 1 is 0.920 bits per heavy atom. The van der Waals surface area contributed by atoms with E-state index in [1.54, 1.807) is 0 Å². The molecule has 0 amide bonds. The van der Waals surface area contributed by atoms with Crippen molar-refractivity contribution in [3.63, 3.8) is 0 Å². The maximum atomic E-state index is 10.4. The third-order valence-corrected chi connectivity index (χ3v) is 5.01. The molecular weight excluding hydrogens is 336 g/mol. The van der Waals surface area contributed by atoms with Crippen molar-refractivity contribution in [3.05, 3.63) is 0 Å². The summed E-state index contributed by atoms with van der Waals surface area (Å²) in [5.41, 5.74) is 11.9. The summed E-state index contributed by atoms with van der Waals surface area (Å²) in [6.45, 7) is 1.11. The molecule has 2 aliphatic heterocycles. The molecule has 2 fully saturated rings. The molecule has 0 bridgehead atoms. The van der Waals surface area contributed by atoms with E-state index >= 15 is 0 Å². The number of nitrogens with two attached hydrogens (primary N) is 2. The summed E-state index contributed by atoms with van der Waals surface area (Å²) in [6.07, 6.45) is -6.18. The van der Waals surface area contributed by atoms with Gasteiger partial charge in [-0.3, -0.25) is 0 Å². The Morgan fingerprint density at radius 3 is 2.00 bits per heavy atom. The minimum atomic E-state index is -1.21. The van der Waals surface area contributed by atoms with Crippen molar-refractivity contribution >= 4 is 0 Å². The van der Waals surface area contributed by atoms with E-state index in [-0.39, 0.29) is 12.5 Å². The van der Waals surface area contributed by atoms with Crippen LogP contribution in [0.3, 0.4) is 0 Å². The summed E-state index contributed by atoms with van der Waals surface area (Å²) < 4.78 is 21.9. The predicted octanol–water partition coefficient (Wildman–Crippen LogP) is -3.14. The fourth-order valence-corrected chi connectivity index (χ4v) is 3.46. The summed E-state index contributed by atoms with van der Waals surface area (Å²) in [7, 11) is 1.38. The van der Waals surface area contributed by atoms with Crippen LogP contribution in [-0.4, -0.2) is 95.9 Å². The van der Waals surface area contributed by atoms with Gasteiger partial charge in [-0.05, 0) is 6.42 Å². The van der Waals surface area contributed by atoms with Gasteiger partial charge in [-0.15, -0.1) is 0 Å². The topological polar surface area (TPSA) is 170 Å². The maximum absolute atomic E-state index is 10.4. The van der Waals surface area contributed by atoms with E-state index in [1.165, 1.54) is 7.11 Å². The van der Waals surface area contributed by atoms with Crippen LogP contribution < -0.4 is 11.5 Å². The fourth-order valence-electron chi connectivity index (χ4n) is 3.46. The van der Waals surface area contributed by atoms with Crippen LogP contribution in [-0.2, 0) is 18.9 Å². The van der Waals surface area contributed by atoms with Crippen molar-refractivity contribution in [1.82, 2.24) is 0 Å². The van der Waals surface area contributed by atoms with Crippen molar-refractivity contribution in [2.75, 3.05) is 20.3 Å². The highest BCUT2D eigenvalue weighted by Crippen LogP contribution is 2.31. The second kappa shape index (κ2) is 9.00. The van der Waals surface area contributed by atoms with Crippen LogP contribution in [0.2, 0.25) is 0 Å². The van der Waals surface area contributed by atoms with Crippen LogP contribution in [0.25, 0.3) is 0 Å². The second-order valence-corrected chi connectivity index (χ2v) is 6.50. The summed E-state index contributed by atoms with van der Waals surface area (Å²) in [5.74, 6) is -0.332. The monoisotopic (exact) mass is 366 g/mol. The quantitative estimate of drug-likeness (QED) is 0.282. The molecule has 2 saturated heterocycles. The van der Waals surface area contributed by atoms with E-state index in [0.29, 0.717) is 6.42 Å². The molecule has 2 rings (SSSR count). The number of hydrogen-bond acceptors (Lipinski definition) is 10. The lowest BCUT2D eigenvalue weighted by atomic mass is 9.86. The van der Waals surface area contributed by atoms with E-state index in [9.17, 15) is 20.4 Å². The minimum absolute atomic E-state index is 0.305. The molecule has 0 aromatic rings. The number of ether oxygens (including phenoxy) is 4. The zero-order chi connectivity index (χ0) is 18.7. The zero-order valence-electron chi connectivity index (χ0n) is 14.5. The molecule has 148 valence electrons. The molecule has 2 heterocycles. The Hall–Kier alpha value is -0.400. The Labute approximate surface area is 146 Å². The lowest BCUT2D eigenvalue weighted by Gasteiger charge is -2.47. The van der Waals surface area contributed by atoms with Crippen molar-refractivity contribution in [2.45, 2.75) is 68.5 Å². The Balaban J connectivity index is 2.13.